The zero-order valence-electron chi connectivity index (χ0n) is 11.8. The minimum Gasteiger partial charge on any atom is -0.492 e. The van der Waals surface area contributed by atoms with Gasteiger partial charge in [-0.05, 0) is 23.1 Å². The Bertz CT molecular complexity index is 538. The van der Waals surface area contributed by atoms with E-state index in [-0.39, 0.29) is 11.3 Å². The highest BCUT2D eigenvalue weighted by molar-refractivity contribution is 5.92. The molecule has 0 saturated heterocycles. The summed E-state index contributed by atoms with van der Waals surface area (Å²) in [6.45, 7) is 7.49. The third-order valence-electron chi connectivity index (χ3n) is 2.62. The molecule has 0 aliphatic rings. The van der Waals surface area contributed by atoms with Crippen LogP contribution < -0.4 is 10.1 Å². The Labute approximate surface area is 112 Å². The molecule has 0 fully saturated rings. The van der Waals surface area contributed by atoms with Gasteiger partial charge in [-0.3, -0.25) is 4.79 Å². The first-order valence-corrected chi connectivity index (χ1v) is 5.87. The van der Waals surface area contributed by atoms with Gasteiger partial charge in [-0.25, -0.2) is 4.79 Å². The zero-order chi connectivity index (χ0) is 14.6. The lowest BCUT2D eigenvalue weighted by Crippen LogP contribution is -2.13. The highest BCUT2D eigenvalue weighted by Crippen LogP contribution is 2.39. The summed E-state index contributed by atoms with van der Waals surface area (Å²) in [6.07, 6.45) is 1.50. The SMILES string of the molecule is COc1c(N=C=O)cc(C(C)(C)C)cc1NC(C)=O. The lowest BCUT2D eigenvalue weighted by molar-refractivity contribution is -0.114. The Hall–Kier alpha value is -2.13. The molecule has 5 heteroatoms. The molecule has 0 aliphatic heterocycles. The molecule has 5 nitrogen and oxygen atoms in total. The smallest absolute Gasteiger partial charge is 0.240 e. The van der Waals surface area contributed by atoms with Crippen molar-refractivity contribution in [2.75, 3.05) is 12.4 Å². The van der Waals surface area contributed by atoms with Gasteiger partial charge in [0, 0.05) is 6.92 Å². The van der Waals surface area contributed by atoms with Gasteiger partial charge in [0.25, 0.3) is 0 Å². The van der Waals surface area contributed by atoms with Gasteiger partial charge in [0.15, 0.2) is 5.75 Å². The van der Waals surface area contributed by atoms with Crippen molar-refractivity contribution < 1.29 is 14.3 Å². The number of hydrogen-bond donors (Lipinski definition) is 1. The van der Waals surface area contributed by atoms with E-state index in [2.05, 4.69) is 10.3 Å². The van der Waals surface area contributed by atoms with Gasteiger partial charge < -0.3 is 10.1 Å². The van der Waals surface area contributed by atoms with Crippen LogP contribution in [0.1, 0.15) is 33.3 Å². The topological polar surface area (TPSA) is 67.8 Å². The van der Waals surface area contributed by atoms with Crippen LogP contribution in [0.3, 0.4) is 0 Å². The molecular weight excluding hydrogens is 244 g/mol. The summed E-state index contributed by atoms with van der Waals surface area (Å²) in [5, 5.41) is 2.68. The fourth-order valence-electron chi connectivity index (χ4n) is 1.68. The minimum atomic E-state index is -0.217. The largest absolute Gasteiger partial charge is 0.492 e. The third-order valence-corrected chi connectivity index (χ3v) is 2.62. The average molecular weight is 262 g/mol. The van der Waals surface area contributed by atoms with Gasteiger partial charge in [-0.2, -0.15) is 4.99 Å². The molecule has 0 aromatic heterocycles. The number of aliphatic imine (C=N–C) groups is 1. The van der Waals surface area contributed by atoms with Crippen LogP contribution in [-0.4, -0.2) is 19.1 Å². The van der Waals surface area contributed by atoms with E-state index < -0.39 is 0 Å². The van der Waals surface area contributed by atoms with Gasteiger partial charge >= 0.3 is 0 Å². The zero-order valence-corrected chi connectivity index (χ0v) is 11.8. The molecule has 0 unspecified atom stereocenters. The van der Waals surface area contributed by atoms with E-state index >= 15 is 0 Å². The van der Waals surface area contributed by atoms with E-state index in [1.165, 1.54) is 20.1 Å². The van der Waals surface area contributed by atoms with E-state index in [4.69, 9.17) is 4.74 Å². The summed E-state index contributed by atoms with van der Waals surface area (Å²) in [5.41, 5.74) is 1.64. The fourth-order valence-corrected chi connectivity index (χ4v) is 1.68. The summed E-state index contributed by atoms with van der Waals surface area (Å²) >= 11 is 0. The maximum absolute atomic E-state index is 11.2. The molecule has 19 heavy (non-hydrogen) atoms. The Morgan fingerprint density at radius 1 is 1.37 bits per heavy atom. The number of ether oxygens (including phenoxy) is 1. The first kappa shape index (κ1) is 14.9. The second-order valence-corrected chi connectivity index (χ2v) is 5.21. The Morgan fingerprint density at radius 2 is 2.00 bits per heavy atom. The van der Waals surface area contributed by atoms with Gasteiger partial charge in [0.05, 0.1) is 12.8 Å². The van der Waals surface area contributed by atoms with Gasteiger partial charge in [-0.1, -0.05) is 20.8 Å². The molecule has 0 spiro atoms. The highest BCUT2D eigenvalue weighted by atomic mass is 16.5. The van der Waals surface area contributed by atoms with Crippen molar-refractivity contribution in [1.29, 1.82) is 0 Å². The van der Waals surface area contributed by atoms with Crippen LogP contribution in [0.25, 0.3) is 0 Å². The summed E-state index contributed by atoms with van der Waals surface area (Å²) in [5.74, 6) is 0.136. The molecule has 0 heterocycles. The van der Waals surface area contributed by atoms with E-state index in [0.29, 0.717) is 17.1 Å². The molecule has 1 amide bonds. The maximum atomic E-state index is 11.2. The van der Waals surface area contributed by atoms with Crippen LogP contribution in [0, 0.1) is 0 Å². The number of carbonyl (C=O) groups excluding carboxylic acids is 2. The quantitative estimate of drug-likeness (QED) is 0.672. The normalized spacial score (nSPS) is 10.6. The number of isocyanates is 1. The average Bonchev–Trinajstić information content (AvgIpc) is 2.27. The molecule has 1 aromatic carbocycles. The van der Waals surface area contributed by atoms with Crippen molar-refractivity contribution >= 4 is 23.4 Å². The van der Waals surface area contributed by atoms with Crippen LogP contribution in [0.15, 0.2) is 17.1 Å². The first-order valence-electron chi connectivity index (χ1n) is 5.87. The second kappa shape index (κ2) is 5.67. The predicted molar refractivity (Wildman–Crippen MR) is 73.8 cm³/mol. The summed E-state index contributed by atoms with van der Waals surface area (Å²) in [4.78, 5) is 25.4. The van der Waals surface area contributed by atoms with Gasteiger partial charge in [0.2, 0.25) is 12.0 Å². The van der Waals surface area contributed by atoms with E-state index in [1.807, 2.05) is 26.8 Å². The number of hydrogen-bond acceptors (Lipinski definition) is 4. The van der Waals surface area contributed by atoms with Crippen molar-refractivity contribution in [2.24, 2.45) is 4.99 Å². The molecule has 0 radical (unpaired) electrons. The van der Waals surface area contributed by atoms with E-state index in [0.717, 1.165) is 5.56 Å². The van der Waals surface area contributed by atoms with Crippen LogP contribution in [0.4, 0.5) is 11.4 Å². The number of rotatable bonds is 3. The number of methoxy groups -OCH3 is 1. The Balaban J connectivity index is 3.53. The van der Waals surface area contributed by atoms with Crippen molar-refractivity contribution in [1.82, 2.24) is 0 Å². The first-order chi connectivity index (χ1) is 8.79. The fraction of sp³-hybridized carbons (Fsp3) is 0.429. The van der Waals surface area contributed by atoms with E-state index in [9.17, 15) is 9.59 Å². The van der Waals surface area contributed by atoms with E-state index in [1.54, 1.807) is 6.07 Å². The molecular formula is C14H18N2O3. The number of nitrogens with zero attached hydrogens (tertiary/aromatic N) is 1. The summed E-state index contributed by atoms with van der Waals surface area (Å²) < 4.78 is 5.21. The standard InChI is InChI=1S/C14H18N2O3/c1-9(18)16-12-7-10(14(2,3)4)6-11(15-8-17)13(12)19-5/h6-7H,1-5H3,(H,16,18). The Morgan fingerprint density at radius 3 is 2.42 bits per heavy atom. The monoisotopic (exact) mass is 262 g/mol. The molecule has 1 N–H and O–H groups in total. The molecule has 102 valence electrons. The van der Waals surface area contributed by atoms with Crippen molar-refractivity contribution in [3.63, 3.8) is 0 Å². The van der Waals surface area contributed by atoms with Gasteiger partial charge in [0.1, 0.15) is 5.69 Å². The molecule has 1 rings (SSSR count). The number of anilines is 1. The van der Waals surface area contributed by atoms with Crippen molar-refractivity contribution in [2.45, 2.75) is 33.1 Å². The van der Waals surface area contributed by atoms with Crippen LogP contribution in [0.2, 0.25) is 0 Å². The van der Waals surface area contributed by atoms with Gasteiger partial charge in [-0.15, -0.1) is 0 Å². The van der Waals surface area contributed by atoms with Crippen LogP contribution >= 0.6 is 0 Å². The lowest BCUT2D eigenvalue weighted by atomic mass is 9.86. The minimum absolute atomic E-state index is 0.146. The molecule has 0 saturated carbocycles. The number of nitrogens with one attached hydrogen (secondary N) is 1. The lowest BCUT2D eigenvalue weighted by Gasteiger charge is -2.22. The number of benzene rings is 1. The predicted octanol–water partition coefficient (Wildman–Crippen LogP) is 2.92. The van der Waals surface area contributed by atoms with Crippen molar-refractivity contribution in [3.05, 3.63) is 17.7 Å². The number of amides is 1. The summed E-state index contributed by atoms with van der Waals surface area (Å²) in [6, 6.07) is 3.58. The highest BCUT2D eigenvalue weighted by Gasteiger charge is 2.20. The molecule has 0 bridgehead atoms. The second-order valence-electron chi connectivity index (χ2n) is 5.21. The molecule has 0 aliphatic carbocycles. The molecule has 0 atom stereocenters. The molecule has 1 aromatic rings. The third kappa shape index (κ3) is 3.66. The number of carbonyl (C=O) groups is 1. The van der Waals surface area contributed by atoms with Crippen LogP contribution in [-0.2, 0) is 15.0 Å². The Kier molecular flexibility index (Phi) is 4.46. The summed E-state index contributed by atoms with van der Waals surface area (Å²) in [7, 11) is 1.46. The maximum Gasteiger partial charge on any atom is 0.240 e. The van der Waals surface area contributed by atoms with Crippen LogP contribution in [0.5, 0.6) is 5.75 Å². The van der Waals surface area contributed by atoms with Crippen molar-refractivity contribution in [3.8, 4) is 5.75 Å².